The second kappa shape index (κ2) is 9.38. The van der Waals surface area contributed by atoms with Crippen LogP contribution in [-0.2, 0) is 6.54 Å². The molecule has 1 aliphatic rings. The molecule has 1 fully saturated rings. The number of nitrogens with one attached hydrogen (secondary N) is 1. The molecule has 2 aromatic heterocycles. The molecule has 0 atom stereocenters. The molecule has 0 aliphatic heterocycles. The van der Waals surface area contributed by atoms with Crippen LogP contribution in [0.1, 0.15) is 43.1 Å². The van der Waals surface area contributed by atoms with Gasteiger partial charge in [0.25, 0.3) is 5.91 Å². The summed E-state index contributed by atoms with van der Waals surface area (Å²) in [5.41, 5.74) is 0.349. The molecular weight excluding hydrogens is 416 g/mol. The molecule has 0 bridgehead atoms. The van der Waals surface area contributed by atoms with Gasteiger partial charge >= 0.3 is 5.69 Å². The van der Waals surface area contributed by atoms with Crippen molar-refractivity contribution in [3.63, 3.8) is 0 Å². The highest BCUT2D eigenvalue weighted by Gasteiger charge is 2.30. The Morgan fingerprint density at radius 3 is 2.65 bits per heavy atom. The Balaban J connectivity index is 1.44. The monoisotopic (exact) mass is 442 g/mol. The van der Waals surface area contributed by atoms with Gasteiger partial charge in [0.15, 0.2) is 17.3 Å². The van der Waals surface area contributed by atoms with E-state index < -0.39 is 0 Å². The lowest BCUT2D eigenvalue weighted by Gasteiger charge is -2.12. The van der Waals surface area contributed by atoms with Crippen molar-refractivity contribution >= 4 is 17.2 Å². The predicted molar refractivity (Wildman–Crippen MR) is 119 cm³/mol. The first-order chi connectivity index (χ1) is 15.1. The van der Waals surface area contributed by atoms with Crippen LogP contribution in [0.3, 0.4) is 0 Å². The molecule has 1 saturated carbocycles. The lowest BCUT2D eigenvalue weighted by molar-refractivity contribution is 0.0951. The summed E-state index contributed by atoms with van der Waals surface area (Å²) < 4.78 is 14.4. The lowest BCUT2D eigenvalue weighted by atomic mass is 10.2. The standard InChI is InChI=1S/C22H26N4O4S/c1-3-29-17-10-7-15(14-18(17)30-4-2)21(27)23-11-12-25-22(28)26(16-8-9-16)20(24-25)19-6-5-13-31-19/h5-7,10,13-14,16H,3-4,8-9,11-12H2,1-2H3,(H,23,27). The third kappa shape index (κ3) is 4.66. The summed E-state index contributed by atoms with van der Waals surface area (Å²) in [6, 6.07) is 9.26. The van der Waals surface area contributed by atoms with Crippen molar-refractivity contribution in [3.05, 3.63) is 51.8 Å². The van der Waals surface area contributed by atoms with Gasteiger partial charge in [0.2, 0.25) is 0 Å². The topological polar surface area (TPSA) is 87.4 Å². The molecule has 2 heterocycles. The first kappa shape index (κ1) is 21.2. The number of thiophene rings is 1. The summed E-state index contributed by atoms with van der Waals surface area (Å²) in [4.78, 5) is 26.4. The van der Waals surface area contributed by atoms with E-state index in [4.69, 9.17) is 9.47 Å². The van der Waals surface area contributed by atoms with E-state index in [1.54, 1.807) is 34.1 Å². The highest BCUT2D eigenvalue weighted by Crippen LogP contribution is 2.37. The number of aromatic nitrogens is 3. The van der Waals surface area contributed by atoms with E-state index in [-0.39, 0.29) is 17.6 Å². The first-order valence-electron chi connectivity index (χ1n) is 10.5. The normalized spacial score (nSPS) is 13.2. The molecule has 1 aliphatic carbocycles. The zero-order valence-corrected chi connectivity index (χ0v) is 18.5. The van der Waals surface area contributed by atoms with Crippen LogP contribution in [0.25, 0.3) is 10.7 Å². The summed E-state index contributed by atoms with van der Waals surface area (Å²) in [6.07, 6.45) is 2.00. The number of ether oxygens (including phenoxy) is 2. The third-order valence-corrected chi connectivity index (χ3v) is 5.80. The maximum Gasteiger partial charge on any atom is 0.346 e. The molecule has 1 amide bonds. The van der Waals surface area contributed by atoms with E-state index in [1.807, 2.05) is 31.4 Å². The van der Waals surface area contributed by atoms with Gasteiger partial charge in [-0.1, -0.05) is 6.07 Å². The van der Waals surface area contributed by atoms with Gasteiger partial charge in [-0.2, -0.15) is 0 Å². The van der Waals surface area contributed by atoms with Gasteiger partial charge < -0.3 is 14.8 Å². The molecule has 164 valence electrons. The summed E-state index contributed by atoms with van der Waals surface area (Å²) in [7, 11) is 0. The number of nitrogens with zero attached hydrogens (tertiary/aromatic N) is 3. The minimum absolute atomic E-state index is 0.125. The molecular formula is C22H26N4O4S. The van der Waals surface area contributed by atoms with Crippen LogP contribution in [-0.4, -0.2) is 40.0 Å². The van der Waals surface area contributed by atoms with Gasteiger partial charge in [-0.25, -0.2) is 9.48 Å². The molecule has 0 unspecified atom stereocenters. The summed E-state index contributed by atoms with van der Waals surface area (Å²) in [5.74, 6) is 1.62. The van der Waals surface area contributed by atoms with Crippen LogP contribution in [0, 0.1) is 0 Å². The smallest absolute Gasteiger partial charge is 0.346 e. The van der Waals surface area contributed by atoms with E-state index in [9.17, 15) is 9.59 Å². The second-order valence-corrected chi connectivity index (χ2v) is 8.14. The van der Waals surface area contributed by atoms with Crippen molar-refractivity contribution in [3.8, 4) is 22.2 Å². The SMILES string of the molecule is CCOc1ccc(C(=O)NCCn2nc(-c3cccs3)n(C3CC3)c2=O)cc1OCC. The fraction of sp³-hybridized carbons (Fsp3) is 0.409. The van der Waals surface area contributed by atoms with Gasteiger partial charge in [-0.15, -0.1) is 16.4 Å². The third-order valence-electron chi connectivity index (χ3n) is 4.94. The maximum atomic E-state index is 12.9. The highest BCUT2D eigenvalue weighted by atomic mass is 32.1. The minimum atomic E-state index is -0.239. The van der Waals surface area contributed by atoms with Crippen molar-refractivity contribution in [2.45, 2.75) is 39.3 Å². The average molecular weight is 443 g/mol. The van der Waals surface area contributed by atoms with Crippen LogP contribution in [0.2, 0.25) is 0 Å². The Morgan fingerprint density at radius 1 is 1.19 bits per heavy atom. The Bertz CT molecular complexity index is 1100. The van der Waals surface area contributed by atoms with Crippen molar-refractivity contribution in [2.24, 2.45) is 0 Å². The maximum absolute atomic E-state index is 12.9. The van der Waals surface area contributed by atoms with Crippen molar-refractivity contribution in [1.29, 1.82) is 0 Å². The van der Waals surface area contributed by atoms with Crippen LogP contribution in [0.4, 0.5) is 0 Å². The van der Waals surface area contributed by atoms with E-state index in [2.05, 4.69) is 10.4 Å². The van der Waals surface area contributed by atoms with Crippen LogP contribution >= 0.6 is 11.3 Å². The molecule has 1 N–H and O–H groups in total. The zero-order valence-electron chi connectivity index (χ0n) is 17.7. The van der Waals surface area contributed by atoms with Crippen LogP contribution < -0.4 is 20.5 Å². The zero-order chi connectivity index (χ0) is 21.8. The van der Waals surface area contributed by atoms with Crippen LogP contribution in [0.15, 0.2) is 40.5 Å². The predicted octanol–water partition coefficient (Wildman–Crippen LogP) is 3.34. The number of hydrogen-bond acceptors (Lipinski definition) is 6. The van der Waals surface area contributed by atoms with Crippen molar-refractivity contribution in [2.75, 3.05) is 19.8 Å². The van der Waals surface area contributed by atoms with Gasteiger partial charge in [-0.05, 0) is 56.3 Å². The number of carbonyl (C=O) groups excluding carboxylic acids is 1. The molecule has 9 heteroatoms. The Hall–Kier alpha value is -3.07. The summed E-state index contributed by atoms with van der Waals surface area (Å²) >= 11 is 1.57. The fourth-order valence-corrected chi connectivity index (χ4v) is 4.08. The second-order valence-electron chi connectivity index (χ2n) is 7.19. The molecule has 1 aromatic carbocycles. The number of hydrogen-bond donors (Lipinski definition) is 1. The summed E-state index contributed by atoms with van der Waals surface area (Å²) in [5, 5.41) is 9.38. The average Bonchev–Trinajstić information content (AvgIpc) is 3.34. The highest BCUT2D eigenvalue weighted by molar-refractivity contribution is 7.13. The van der Waals surface area contributed by atoms with E-state index in [0.29, 0.717) is 49.2 Å². The van der Waals surface area contributed by atoms with E-state index >= 15 is 0 Å². The molecule has 31 heavy (non-hydrogen) atoms. The Morgan fingerprint density at radius 2 is 1.97 bits per heavy atom. The van der Waals surface area contributed by atoms with Gasteiger partial charge in [0.1, 0.15) is 0 Å². The molecule has 3 aromatic rings. The van der Waals surface area contributed by atoms with Gasteiger partial charge in [0, 0.05) is 18.2 Å². The van der Waals surface area contributed by atoms with Crippen LogP contribution in [0.5, 0.6) is 11.5 Å². The number of carbonyl (C=O) groups is 1. The molecule has 0 radical (unpaired) electrons. The van der Waals surface area contributed by atoms with E-state index in [0.717, 1.165) is 17.7 Å². The number of amides is 1. The molecule has 8 nitrogen and oxygen atoms in total. The largest absolute Gasteiger partial charge is 0.490 e. The molecule has 4 rings (SSSR count). The Labute approximate surface area is 184 Å². The van der Waals surface area contributed by atoms with Gasteiger partial charge in [0.05, 0.1) is 24.6 Å². The minimum Gasteiger partial charge on any atom is -0.490 e. The Kier molecular flexibility index (Phi) is 6.41. The molecule has 0 saturated heterocycles. The number of benzene rings is 1. The lowest BCUT2D eigenvalue weighted by Crippen LogP contribution is -2.32. The number of rotatable bonds is 10. The molecule has 0 spiro atoms. The van der Waals surface area contributed by atoms with Gasteiger partial charge in [-0.3, -0.25) is 9.36 Å². The quantitative estimate of drug-likeness (QED) is 0.520. The van der Waals surface area contributed by atoms with Crippen molar-refractivity contribution < 1.29 is 14.3 Å². The first-order valence-corrected chi connectivity index (χ1v) is 11.4. The fourth-order valence-electron chi connectivity index (χ4n) is 3.37. The summed E-state index contributed by atoms with van der Waals surface area (Å²) in [6.45, 7) is 5.36. The van der Waals surface area contributed by atoms with E-state index in [1.165, 1.54) is 4.68 Å². The van der Waals surface area contributed by atoms with Crippen molar-refractivity contribution in [1.82, 2.24) is 19.7 Å².